The number of nitrogens with zero attached hydrogens (tertiary/aromatic N) is 5. The van der Waals surface area contributed by atoms with Crippen LogP contribution < -0.4 is 5.32 Å². The van der Waals surface area contributed by atoms with Gasteiger partial charge in [0.25, 0.3) is 0 Å². The van der Waals surface area contributed by atoms with E-state index in [-0.39, 0.29) is 24.8 Å². The van der Waals surface area contributed by atoms with Crippen LogP contribution >= 0.6 is 12.2 Å². The van der Waals surface area contributed by atoms with Crippen molar-refractivity contribution in [3.8, 4) is 0 Å². The molecule has 2 saturated heterocycles. The summed E-state index contributed by atoms with van der Waals surface area (Å²) in [7, 11) is 1.85. The van der Waals surface area contributed by atoms with Crippen LogP contribution in [0.1, 0.15) is 35.5 Å². The first-order chi connectivity index (χ1) is 19.1. The first-order valence-corrected chi connectivity index (χ1v) is 13.4. The van der Waals surface area contributed by atoms with E-state index in [2.05, 4.69) is 10.3 Å². The second-order valence-corrected chi connectivity index (χ2v) is 10.4. The molecule has 0 radical (unpaired) electrons. The fourth-order valence-electron chi connectivity index (χ4n) is 5.64. The van der Waals surface area contributed by atoms with E-state index in [1.807, 2.05) is 21.7 Å². The van der Waals surface area contributed by atoms with Gasteiger partial charge in [-0.05, 0) is 50.2 Å². The van der Waals surface area contributed by atoms with E-state index in [9.17, 15) is 19.1 Å². The summed E-state index contributed by atoms with van der Waals surface area (Å²) in [4.78, 5) is 40.8. The number of hydrogen-bond donors (Lipinski definition) is 2. The highest BCUT2D eigenvalue weighted by Gasteiger charge is 2.47. The maximum Gasteiger partial charge on any atom is 0.338 e. The molecule has 0 spiro atoms. The number of piperazine rings is 1. The molecular formula is C27H31FN6O5S. The van der Waals surface area contributed by atoms with Crippen LogP contribution in [0.25, 0.3) is 0 Å². The Kier molecular flexibility index (Phi) is 7.60. The number of ether oxygens (including phenoxy) is 1. The van der Waals surface area contributed by atoms with E-state index in [0.29, 0.717) is 58.9 Å². The third kappa shape index (κ3) is 4.83. The van der Waals surface area contributed by atoms with E-state index in [4.69, 9.17) is 26.4 Å². The van der Waals surface area contributed by atoms with E-state index >= 15 is 0 Å². The van der Waals surface area contributed by atoms with Crippen LogP contribution in [0.4, 0.5) is 4.39 Å². The molecule has 3 atom stereocenters. The number of carbonyl (C=O) groups excluding carboxylic acids is 1. The second kappa shape index (κ2) is 11.0. The van der Waals surface area contributed by atoms with Crippen molar-refractivity contribution in [1.29, 1.82) is 0 Å². The summed E-state index contributed by atoms with van der Waals surface area (Å²) in [5, 5.41) is 14.2. The molecule has 0 unspecified atom stereocenters. The molecule has 0 bridgehead atoms. The van der Waals surface area contributed by atoms with Gasteiger partial charge in [0.15, 0.2) is 17.3 Å². The SMILES string of the molecule is CCOC(=O)C1=C(CN2CCN3C(=S)N(C)C[C@@H]3[C@H]2C(=O)O)NC(c2ncoc2C)=N[C@H]1c1cccc(F)c1C. The number of esters is 1. The summed E-state index contributed by atoms with van der Waals surface area (Å²) < 4.78 is 25.6. The van der Waals surface area contributed by atoms with Crippen LogP contribution in [0.5, 0.6) is 0 Å². The molecule has 13 heteroatoms. The number of halogens is 1. The Morgan fingerprint density at radius 1 is 1.30 bits per heavy atom. The molecule has 3 aliphatic rings. The van der Waals surface area contributed by atoms with Gasteiger partial charge in [0.2, 0.25) is 0 Å². The van der Waals surface area contributed by atoms with Crippen molar-refractivity contribution in [3.63, 3.8) is 0 Å². The fraction of sp³-hybridized carbons (Fsp3) is 0.444. The highest BCUT2D eigenvalue weighted by atomic mass is 32.1. The molecule has 3 aliphatic heterocycles. The van der Waals surface area contributed by atoms with E-state index in [0.717, 1.165) is 0 Å². The summed E-state index contributed by atoms with van der Waals surface area (Å²) in [6, 6.07) is 2.47. The standard InChI is InChI=1S/C27H31FN6O5S/c1-5-38-26(37)20-18(11-33-9-10-34-19(23(33)25(35)36)12-32(4)27(34)40)30-24(21-15(3)39-13-29-21)31-22(20)16-7-6-8-17(28)14(16)2/h6-8,13,19,22-23H,5,9-12H2,1-4H3,(H,30,31)(H,35,36)/t19-,22+,23+/m1/s1. The molecule has 4 heterocycles. The van der Waals surface area contributed by atoms with Gasteiger partial charge in [-0.25, -0.2) is 14.2 Å². The van der Waals surface area contributed by atoms with Crippen molar-refractivity contribution in [1.82, 2.24) is 25.0 Å². The number of aliphatic carboxylic acids is 1. The van der Waals surface area contributed by atoms with Gasteiger partial charge >= 0.3 is 11.9 Å². The van der Waals surface area contributed by atoms with Crippen LogP contribution in [-0.2, 0) is 14.3 Å². The number of benzene rings is 1. The lowest BCUT2D eigenvalue weighted by atomic mass is 9.91. The van der Waals surface area contributed by atoms with Crippen LogP contribution in [-0.4, -0.2) is 99.6 Å². The van der Waals surface area contributed by atoms with Crippen molar-refractivity contribution in [2.75, 3.05) is 39.8 Å². The summed E-state index contributed by atoms with van der Waals surface area (Å²) in [5.41, 5.74) is 1.86. The van der Waals surface area contributed by atoms with Gasteiger partial charge in [0, 0.05) is 38.9 Å². The predicted molar refractivity (Wildman–Crippen MR) is 147 cm³/mol. The molecule has 5 rings (SSSR count). The number of nitrogens with one attached hydrogen (secondary N) is 1. The van der Waals surface area contributed by atoms with E-state index < -0.39 is 29.8 Å². The monoisotopic (exact) mass is 570 g/mol. The lowest BCUT2D eigenvalue weighted by Gasteiger charge is -2.43. The number of aryl methyl sites for hydroxylation is 1. The first kappa shape index (κ1) is 27.7. The number of hydrogen-bond acceptors (Lipinski definition) is 9. The van der Waals surface area contributed by atoms with Gasteiger partial charge in [0.1, 0.15) is 29.4 Å². The normalized spacial score (nSPS) is 23.2. The lowest BCUT2D eigenvalue weighted by molar-refractivity contribution is -0.146. The maximum absolute atomic E-state index is 14.7. The highest BCUT2D eigenvalue weighted by molar-refractivity contribution is 7.80. The van der Waals surface area contributed by atoms with Crippen molar-refractivity contribution >= 4 is 35.1 Å². The van der Waals surface area contributed by atoms with Crippen LogP contribution in [0.15, 0.2) is 45.3 Å². The molecule has 2 fully saturated rings. The lowest BCUT2D eigenvalue weighted by Crippen LogP contribution is -2.62. The molecule has 0 amide bonds. The number of aliphatic imine (C=N–C) groups is 1. The zero-order valence-corrected chi connectivity index (χ0v) is 23.5. The van der Waals surface area contributed by atoms with Crippen molar-refractivity contribution in [2.24, 2.45) is 4.99 Å². The average Bonchev–Trinajstić information content (AvgIpc) is 3.47. The Bertz CT molecular complexity index is 1420. The Morgan fingerprint density at radius 3 is 2.75 bits per heavy atom. The van der Waals surface area contributed by atoms with Crippen molar-refractivity contribution < 1.29 is 28.2 Å². The smallest absolute Gasteiger partial charge is 0.338 e. The van der Waals surface area contributed by atoms with E-state index in [1.165, 1.54) is 12.5 Å². The topological polar surface area (TPSA) is 124 Å². The Hall–Kier alpha value is -3.84. The Balaban J connectivity index is 1.62. The molecule has 0 saturated carbocycles. The molecule has 40 heavy (non-hydrogen) atoms. The molecule has 0 aliphatic carbocycles. The summed E-state index contributed by atoms with van der Waals surface area (Å²) >= 11 is 5.52. The number of oxazole rings is 1. The second-order valence-electron chi connectivity index (χ2n) is 10.0. The third-order valence-electron chi connectivity index (χ3n) is 7.63. The molecule has 11 nitrogen and oxygen atoms in total. The van der Waals surface area contributed by atoms with E-state index in [1.54, 1.807) is 32.9 Å². The number of amidine groups is 1. The minimum Gasteiger partial charge on any atom is -0.480 e. The van der Waals surface area contributed by atoms with Crippen molar-refractivity contribution in [3.05, 3.63) is 64.3 Å². The summed E-state index contributed by atoms with van der Waals surface area (Å²) in [5.74, 6) is -1.21. The van der Waals surface area contributed by atoms with Gasteiger partial charge < -0.3 is 29.4 Å². The van der Waals surface area contributed by atoms with Crippen molar-refractivity contribution in [2.45, 2.75) is 38.9 Å². The van der Waals surface area contributed by atoms with Gasteiger partial charge in [-0.1, -0.05) is 12.1 Å². The number of rotatable bonds is 7. The van der Waals surface area contributed by atoms with Gasteiger partial charge in [0.05, 0.1) is 18.2 Å². The van der Waals surface area contributed by atoms with Crippen LogP contribution in [0, 0.1) is 19.7 Å². The van der Waals surface area contributed by atoms with Gasteiger partial charge in [-0.15, -0.1) is 0 Å². The number of thiocarbonyl (C=S) groups is 1. The van der Waals surface area contributed by atoms with Gasteiger partial charge in [-0.3, -0.25) is 14.7 Å². The zero-order valence-electron chi connectivity index (χ0n) is 22.7. The Labute approximate surface area is 236 Å². The maximum atomic E-state index is 14.7. The largest absolute Gasteiger partial charge is 0.480 e. The quantitative estimate of drug-likeness (QED) is 0.375. The number of likely N-dealkylation sites (N-methyl/N-ethyl adjacent to an activating group) is 1. The molecule has 1 aromatic carbocycles. The third-order valence-corrected chi connectivity index (χ3v) is 8.17. The summed E-state index contributed by atoms with van der Waals surface area (Å²) in [6.45, 7) is 6.65. The van der Waals surface area contributed by atoms with Gasteiger partial charge in [-0.2, -0.15) is 0 Å². The Morgan fingerprint density at radius 2 is 2.08 bits per heavy atom. The fourth-order valence-corrected chi connectivity index (χ4v) is 5.94. The highest BCUT2D eigenvalue weighted by Crippen LogP contribution is 2.36. The molecule has 1 aromatic heterocycles. The minimum atomic E-state index is -0.986. The minimum absolute atomic E-state index is 0.0761. The van der Waals surface area contributed by atoms with Crippen LogP contribution in [0.3, 0.4) is 0 Å². The average molecular weight is 571 g/mol. The molecule has 212 valence electrons. The zero-order chi connectivity index (χ0) is 28.7. The number of carboxylic acids is 1. The summed E-state index contributed by atoms with van der Waals surface area (Å²) in [6.07, 6.45) is 1.29. The molecular weight excluding hydrogens is 539 g/mol. The molecule has 2 aromatic rings. The molecule has 2 N–H and O–H groups in total. The number of aromatic nitrogens is 1. The number of carboxylic acid groups (broad SMARTS) is 1. The first-order valence-electron chi connectivity index (χ1n) is 13.0. The van der Waals surface area contributed by atoms with Crippen LogP contribution in [0.2, 0.25) is 0 Å². The number of carbonyl (C=O) groups is 2. The number of fused-ring (bicyclic) bond motifs is 1. The predicted octanol–water partition coefficient (Wildman–Crippen LogP) is 2.01.